The highest BCUT2D eigenvalue weighted by atomic mass is 16.5. The molecule has 90 valence electrons. The van der Waals surface area contributed by atoms with Crippen LogP contribution >= 0.6 is 0 Å². The van der Waals surface area contributed by atoms with Crippen LogP contribution in [0.2, 0.25) is 0 Å². The molecule has 1 aliphatic rings. The second kappa shape index (κ2) is 4.10. The molecule has 0 radical (unpaired) electrons. The van der Waals surface area contributed by atoms with Crippen LogP contribution in [-0.2, 0) is 19.4 Å². The van der Waals surface area contributed by atoms with Crippen LogP contribution in [-0.4, -0.2) is 11.7 Å². The quantitative estimate of drug-likeness (QED) is 0.785. The lowest BCUT2D eigenvalue weighted by molar-refractivity contribution is 0.415. The first-order valence-electron chi connectivity index (χ1n) is 6.53. The van der Waals surface area contributed by atoms with Gasteiger partial charge in [-0.15, -0.1) is 0 Å². The van der Waals surface area contributed by atoms with Crippen molar-refractivity contribution in [1.29, 1.82) is 0 Å². The van der Waals surface area contributed by atoms with Crippen LogP contribution in [0.25, 0.3) is 10.9 Å². The first-order valence-corrected chi connectivity index (χ1v) is 6.53. The maximum Gasteiger partial charge on any atom is 0.120 e. The number of ether oxygens (including phenoxy) is 1. The molecule has 0 saturated heterocycles. The van der Waals surface area contributed by atoms with Crippen molar-refractivity contribution in [2.24, 2.45) is 0 Å². The molecule has 0 N–H and O–H groups in total. The van der Waals surface area contributed by atoms with Crippen molar-refractivity contribution in [2.45, 2.75) is 39.2 Å². The van der Waals surface area contributed by atoms with E-state index in [-0.39, 0.29) is 0 Å². The standard InChI is InChI=1S/C15H19NO/c1-3-9-16-14-6-4-5-12(14)13-8-7-11(17-2)10-15(13)16/h7-8,10H,3-6,9H2,1-2H3. The van der Waals surface area contributed by atoms with E-state index >= 15 is 0 Å². The second-order valence-corrected chi connectivity index (χ2v) is 4.81. The monoisotopic (exact) mass is 229 g/mol. The molecule has 0 atom stereocenters. The summed E-state index contributed by atoms with van der Waals surface area (Å²) >= 11 is 0. The second-order valence-electron chi connectivity index (χ2n) is 4.81. The molecule has 3 rings (SSSR count). The number of hydrogen-bond acceptors (Lipinski definition) is 1. The number of aromatic nitrogens is 1. The van der Waals surface area contributed by atoms with E-state index in [2.05, 4.69) is 29.7 Å². The van der Waals surface area contributed by atoms with Crippen molar-refractivity contribution < 1.29 is 4.74 Å². The van der Waals surface area contributed by atoms with E-state index in [1.165, 1.54) is 36.6 Å². The highest BCUT2D eigenvalue weighted by molar-refractivity contribution is 5.87. The first-order chi connectivity index (χ1) is 8.35. The fourth-order valence-corrected chi connectivity index (χ4v) is 3.06. The average Bonchev–Trinajstić information content (AvgIpc) is 2.92. The van der Waals surface area contributed by atoms with E-state index in [9.17, 15) is 0 Å². The van der Waals surface area contributed by atoms with E-state index in [0.717, 1.165) is 12.3 Å². The van der Waals surface area contributed by atoms with Gasteiger partial charge in [-0.3, -0.25) is 0 Å². The summed E-state index contributed by atoms with van der Waals surface area (Å²) in [6.45, 7) is 3.37. The van der Waals surface area contributed by atoms with Crippen LogP contribution < -0.4 is 4.74 Å². The van der Waals surface area contributed by atoms with Crippen LogP contribution in [0.15, 0.2) is 18.2 Å². The van der Waals surface area contributed by atoms with Gasteiger partial charge in [0.1, 0.15) is 5.75 Å². The molecule has 1 aromatic carbocycles. The minimum atomic E-state index is 0.964. The largest absolute Gasteiger partial charge is 0.497 e. The summed E-state index contributed by atoms with van der Waals surface area (Å²) in [7, 11) is 1.74. The topological polar surface area (TPSA) is 14.2 Å². The molecular weight excluding hydrogens is 210 g/mol. The molecule has 2 heteroatoms. The summed E-state index contributed by atoms with van der Waals surface area (Å²) in [4.78, 5) is 0. The van der Waals surface area contributed by atoms with Gasteiger partial charge in [-0.2, -0.15) is 0 Å². The lowest BCUT2D eigenvalue weighted by Crippen LogP contribution is -2.01. The van der Waals surface area contributed by atoms with Gasteiger partial charge in [-0.25, -0.2) is 0 Å². The van der Waals surface area contributed by atoms with E-state index < -0.39 is 0 Å². The third kappa shape index (κ3) is 1.54. The number of hydrogen-bond donors (Lipinski definition) is 0. The number of nitrogens with zero attached hydrogens (tertiary/aromatic N) is 1. The third-order valence-corrected chi connectivity index (χ3v) is 3.78. The van der Waals surface area contributed by atoms with Gasteiger partial charge in [0.25, 0.3) is 0 Å². The predicted molar refractivity (Wildman–Crippen MR) is 70.8 cm³/mol. The lowest BCUT2D eigenvalue weighted by atomic mass is 10.1. The molecule has 1 heterocycles. The first kappa shape index (κ1) is 10.7. The summed E-state index contributed by atoms with van der Waals surface area (Å²) in [5.74, 6) is 0.964. The Morgan fingerprint density at radius 3 is 2.94 bits per heavy atom. The molecular formula is C15H19NO. The smallest absolute Gasteiger partial charge is 0.120 e. The van der Waals surface area contributed by atoms with Gasteiger partial charge >= 0.3 is 0 Å². The highest BCUT2D eigenvalue weighted by Crippen LogP contribution is 2.34. The molecule has 0 saturated carbocycles. The van der Waals surface area contributed by atoms with Crippen molar-refractivity contribution in [2.75, 3.05) is 7.11 Å². The van der Waals surface area contributed by atoms with Gasteiger partial charge in [0.15, 0.2) is 0 Å². The van der Waals surface area contributed by atoms with Crippen molar-refractivity contribution >= 4 is 10.9 Å². The zero-order valence-electron chi connectivity index (χ0n) is 10.6. The fraction of sp³-hybridized carbons (Fsp3) is 0.467. The van der Waals surface area contributed by atoms with Gasteiger partial charge in [0.2, 0.25) is 0 Å². The van der Waals surface area contributed by atoms with Crippen LogP contribution in [0.3, 0.4) is 0 Å². The van der Waals surface area contributed by atoms with Gasteiger partial charge in [-0.1, -0.05) is 6.92 Å². The van der Waals surface area contributed by atoms with Gasteiger partial charge in [0, 0.05) is 23.7 Å². The van der Waals surface area contributed by atoms with Crippen molar-refractivity contribution in [3.63, 3.8) is 0 Å². The Labute approximate surface area is 102 Å². The Morgan fingerprint density at radius 1 is 1.29 bits per heavy atom. The Bertz CT molecular complexity index is 554. The van der Waals surface area contributed by atoms with Crippen LogP contribution in [0.4, 0.5) is 0 Å². The SMILES string of the molecule is CCCn1c2c(c3ccc(OC)cc31)CCC2. The molecule has 0 aliphatic heterocycles. The maximum atomic E-state index is 5.34. The third-order valence-electron chi connectivity index (χ3n) is 3.78. The molecule has 0 spiro atoms. The number of rotatable bonds is 3. The van der Waals surface area contributed by atoms with Crippen molar-refractivity contribution in [3.05, 3.63) is 29.5 Å². The molecule has 2 aromatic rings. The molecule has 0 fully saturated rings. The van der Waals surface area contributed by atoms with Crippen molar-refractivity contribution in [1.82, 2.24) is 4.57 Å². The molecule has 0 bridgehead atoms. The summed E-state index contributed by atoms with van der Waals surface area (Å²) < 4.78 is 7.84. The molecule has 1 aromatic heterocycles. The molecule has 0 amide bonds. The van der Waals surface area contributed by atoms with E-state index in [1.807, 2.05) is 0 Å². The number of methoxy groups -OCH3 is 1. The van der Waals surface area contributed by atoms with Gasteiger partial charge in [0.05, 0.1) is 12.6 Å². The predicted octanol–water partition coefficient (Wildman–Crippen LogP) is 3.55. The van der Waals surface area contributed by atoms with E-state index in [4.69, 9.17) is 4.74 Å². The Balaban J connectivity index is 2.26. The fourth-order valence-electron chi connectivity index (χ4n) is 3.06. The summed E-state index contributed by atoms with van der Waals surface area (Å²) in [6, 6.07) is 6.49. The van der Waals surface area contributed by atoms with Gasteiger partial charge < -0.3 is 9.30 Å². The van der Waals surface area contributed by atoms with E-state index in [1.54, 1.807) is 18.4 Å². The summed E-state index contributed by atoms with van der Waals surface area (Å²) in [5.41, 5.74) is 4.50. The number of fused-ring (bicyclic) bond motifs is 3. The lowest BCUT2D eigenvalue weighted by Gasteiger charge is -2.08. The Hall–Kier alpha value is -1.44. The molecule has 1 aliphatic carbocycles. The van der Waals surface area contributed by atoms with Crippen LogP contribution in [0.5, 0.6) is 5.75 Å². The van der Waals surface area contributed by atoms with Crippen LogP contribution in [0.1, 0.15) is 31.0 Å². The molecule has 0 unspecified atom stereocenters. The van der Waals surface area contributed by atoms with Gasteiger partial charge in [-0.05, 0) is 43.4 Å². The Morgan fingerprint density at radius 2 is 2.18 bits per heavy atom. The number of benzene rings is 1. The zero-order chi connectivity index (χ0) is 11.8. The highest BCUT2D eigenvalue weighted by Gasteiger charge is 2.21. The number of aryl methyl sites for hydroxylation is 2. The normalized spacial score (nSPS) is 14.2. The van der Waals surface area contributed by atoms with Crippen molar-refractivity contribution in [3.8, 4) is 5.75 Å². The summed E-state index contributed by atoms with van der Waals surface area (Å²) in [5, 5.41) is 1.44. The summed E-state index contributed by atoms with van der Waals surface area (Å²) in [6.07, 6.45) is 4.99. The Kier molecular flexibility index (Phi) is 2.58. The molecule has 2 nitrogen and oxygen atoms in total. The maximum absolute atomic E-state index is 5.34. The minimum absolute atomic E-state index is 0.964. The molecule has 17 heavy (non-hydrogen) atoms. The zero-order valence-corrected chi connectivity index (χ0v) is 10.6. The van der Waals surface area contributed by atoms with E-state index in [0.29, 0.717) is 0 Å². The average molecular weight is 229 g/mol. The minimum Gasteiger partial charge on any atom is -0.497 e. The van der Waals surface area contributed by atoms with Crippen LogP contribution in [0, 0.1) is 0 Å².